The van der Waals surface area contributed by atoms with Crippen molar-refractivity contribution >= 4 is 0 Å². The summed E-state index contributed by atoms with van der Waals surface area (Å²) in [5.41, 5.74) is 1.15. The summed E-state index contributed by atoms with van der Waals surface area (Å²) in [6.07, 6.45) is 3.45. The summed E-state index contributed by atoms with van der Waals surface area (Å²) in [5, 5.41) is 17.6. The maximum atomic E-state index is 9.99. The summed E-state index contributed by atoms with van der Waals surface area (Å²) < 4.78 is 7.15. The van der Waals surface area contributed by atoms with E-state index >= 15 is 0 Å². The third-order valence-electron chi connectivity index (χ3n) is 3.18. The van der Waals surface area contributed by atoms with Crippen LogP contribution >= 0.6 is 0 Å². The van der Waals surface area contributed by atoms with Crippen molar-refractivity contribution in [2.24, 2.45) is 0 Å². The van der Waals surface area contributed by atoms with Crippen LogP contribution in [0.5, 0.6) is 0 Å². The van der Waals surface area contributed by atoms with E-state index < -0.39 is 6.10 Å². The summed E-state index contributed by atoms with van der Waals surface area (Å²) in [7, 11) is 0. The number of furan rings is 1. The van der Waals surface area contributed by atoms with Gasteiger partial charge in [0, 0.05) is 25.3 Å². The third kappa shape index (κ3) is 3.68. The number of aryl methyl sites for hydroxylation is 1. The topological polar surface area (TPSA) is 63.2 Å². The molecule has 2 N–H and O–H groups in total. The Labute approximate surface area is 113 Å². The number of aromatic nitrogens is 2. The van der Waals surface area contributed by atoms with Crippen LogP contribution in [0.1, 0.15) is 37.8 Å². The summed E-state index contributed by atoms with van der Waals surface area (Å²) in [6, 6.07) is 5.78. The Morgan fingerprint density at radius 1 is 1.47 bits per heavy atom. The molecule has 104 valence electrons. The fourth-order valence-electron chi connectivity index (χ4n) is 2.09. The second-order valence-corrected chi connectivity index (χ2v) is 4.69. The molecule has 5 heteroatoms. The maximum Gasteiger partial charge on any atom is 0.132 e. The fraction of sp³-hybridized carbons (Fsp3) is 0.500. The number of hydrogen-bond acceptors (Lipinski definition) is 4. The monoisotopic (exact) mass is 263 g/mol. The van der Waals surface area contributed by atoms with Gasteiger partial charge in [0.15, 0.2) is 0 Å². The van der Waals surface area contributed by atoms with E-state index in [0.29, 0.717) is 12.2 Å². The van der Waals surface area contributed by atoms with E-state index in [9.17, 15) is 5.11 Å². The SMILES string of the molecule is CCn1nccc1CNC(C)CC(O)c1ccco1. The highest BCUT2D eigenvalue weighted by atomic mass is 16.4. The van der Waals surface area contributed by atoms with Gasteiger partial charge in [0.2, 0.25) is 0 Å². The van der Waals surface area contributed by atoms with Crippen LogP contribution in [0.4, 0.5) is 0 Å². The molecule has 19 heavy (non-hydrogen) atoms. The molecule has 0 aliphatic rings. The van der Waals surface area contributed by atoms with Gasteiger partial charge in [0.1, 0.15) is 11.9 Å². The largest absolute Gasteiger partial charge is 0.467 e. The molecule has 0 saturated carbocycles. The Morgan fingerprint density at radius 2 is 2.32 bits per heavy atom. The number of nitrogens with one attached hydrogen (secondary N) is 1. The first-order valence-electron chi connectivity index (χ1n) is 6.66. The average Bonchev–Trinajstić information content (AvgIpc) is 3.07. The van der Waals surface area contributed by atoms with E-state index in [4.69, 9.17) is 4.42 Å². The molecular formula is C14H21N3O2. The van der Waals surface area contributed by atoms with Crippen LogP contribution in [0.2, 0.25) is 0 Å². The fourth-order valence-corrected chi connectivity index (χ4v) is 2.09. The van der Waals surface area contributed by atoms with Gasteiger partial charge in [0.05, 0.1) is 12.0 Å². The van der Waals surface area contributed by atoms with Gasteiger partial charge in [-0.3, -0.25) is 4.68 Å². The first-order chi connectivity index (χ1) is 9.20. The zero-order chi connectivity index (χ0) is 13.7. The molecule has 5 nitrogen and oxygen atoms in total. The van der Waals surface area contributed by atoms with Crippen LogP contribution in [0.3, 0.4) is 0 Å². The molecule has 2 unspecified atom stereocenters. The van der Waals surface area contributed by atoms with Crippen molar-refractivity contribution in [3.63, 3.8) is 0 Å². The van der Waals surface area contributed by atoms with E-state index in [0.717, 1.165) is 18.8 Å². The van der Waals surface area contributed by atoms with Gasteiger partial charge in [-0.15, -0.1) is 0 Å². The highest BCUT2D eigenvalue weighted by Crippen LogP contribution is 2.18. The molecule has 2 rings (SSSR count). The van der Waals surface area contributed by atoms with Crippen molar-refractivity contribution in [3.8, 4) is 0 Å². The van der Waals surface area contributed by atoms with Crippen LogP contribution in [0, 0.1) is 0 Å². The number of hydrogen-bond donors (Lipinski definition) is 2. The molecule has 2 aromatic heterocycles. The predicted octanol–water partition coefficient (Wildman–Crippen LogP) is 2.10. The van der Waals surface area contributed by atoms with E-state index in [2.05, 4.69) is 24.3 Å². The number of nitrogens with zero attached hydrogens (tertiary/aromatic N) is 2. The summed E-state index contributed by atoms with van der Waals surface area (Å²) >= 11 is 0. The zero-order valence-corrected chi connectivity index (χ0v) is 11.4. The normalized spacial score (nSPS) is 14.5. The molecule has 0 spiro atoms. The van der Waals surface area contributed by atoms with E-state index in [1.807, 2.05) is 16.9 Å². The molecule has 2 heterocycles. The molecule has 0 bridgehead atoms. The van der Waals surface area contributed by atoms with Crippen molar-refractivity contribution < 1.29 is 9.52 Å². The van der Waals surface area contributed by atoms with Crippen LogP contribution in [-0.4, -0.2) is 20.9 Å². The first kappa shape index (κ1) is 13.8. The minimum atomic E-state index is -0.561. The standard InChI is InChI=1S/C14H21N3O2/c1-3-17-12(6-7-16-17)10-15-11(2)9-13(18)14-5-4-8-19-14/h4-8,11,13,15,18H,3,9-10H2,1-2H3. The lowest BCUT2D eigenvalue weighted by atomic mass is 10.1. The molecule has 0 amide bonds. The number of rotatable bonds is 7. The van der Waals surface area contributed by atoms with E-state index in [-0.39, 0.29) is 6.04 Å². The molecule has 0 aliphatic carbocycles. The molecular weight excluding hydrogens is 242 g/mol. The van der Waals surface area contributed by atoms with E-state index in [1.54, 1.807) is 18.4 Å². The Balaban J connectivity index is 1.80. The third-order valence-corrected chi connectivity index (χ3v) is 3.18. The summed E-state index contributed by atoms with van der Waals surface area (Å²) in [4.78, 5) is 0. The van der Waals surface area contributed by atoms with Gasteiger partial charge < -0.3 is 14.8 Å². The van der Waals surface area contributed by atoms with Crippen LogP contribution in [-0.2, 0) is 13.1 Å². The van der Waals surface area contributed by atoms with Crippen molar-refractivity contribution in [2.75, 3.05) is 0 Å². The Hall–Kier alpha value is -1.59. The molecule has 2 atom stereocenters. The average molecular weight is 263 g/mol. The maximum absolute atomic E-state index is 9.99. The van der Waals surface area contributed by atoms with Crippen molar-refractivity contribution in [3.05, 3.63) is 42.1 Å². The number of aliphatic hydroxyl groups is 1. The molecule has 0 radical (unpaired) electrons. The zero-order valence-electron chi connectivity index (χ0n) is 11.4. The quantitative estimate of drug-likeness (QED) is 0.803. The molecule has 0 aromatic carbocycles. The highest BCUT2D eigenvalue weighted by molar-refractivity contribution is 5.03. The second kappa shape index (κ2) is 6.54. The minimum Gasteiger partial charge on any atom is -0.467 e. The van der Waals surface area contributed by atoms with Crippen LogP contribution < -0.4 is 5.32 Å². The van der Waals surface area contributed by atoms with Gasteiger partial charge in [-0.2, -0.15) is 5.10 Å². The van der Waals surface area contributed by atoms with Crippen LogP contribution in [0.15, 0.2) is 35.1 Å². The summed E-state index contributed by atoms with van der Waals surface area (Å²) in [6.45, 7) is 5.74. The van der Waals surface area contributed by atoms with Crippen molar-refractivity contribution in [2.45, 2.75) is 45.5 Å². The first-order valence-corrected chi connectivity index (χ1v) is 6.66. The lowest BCUT2D eigenvalue weighted by Crippen LogP contribution is -2.28. The summed E-state index contributed by atoms with van der Waals surface area (Å²) in [5.74, 6) is 0.618. The number of aliphatic hydroxyl groups excluding tert-OH is 1. The predicted molar refractivity (Wildman–Crippen MR) is 72.5 cm³/mol. The van der Waals surface area contributed by atoms with E-state index in [1.165, 1.54) is 0 Å². The van der Waals surface area contributed by atoms with Gasteiger partial charge in [0.25, 0.3) is 0 Å². The van der Waals surface area contributed by atoms with Gasteiger partial charge >= 0.3 is 0 Å². The molecule has 0 fully saturated rings. The van der Waals surface area contributed by atoms with Gasteiger partial charge in [-0.25, -0.2) is 0 Å². The van der Waals surface area contributed by atoms with Gasteiger partial charge in [-0.1, -0.05) is 0 Å². The molecule has 0 saturated heterocycles. The Kier molecular flexibility index (Phi) is 4.76. The Bertz CT molecular complexity index is 479. The smallest absolute Gasteiger partial charge is 0.132 e. The highest BCUT2D eigenvalue weighted by Gasteiger charge is 2.14. The van der Waals surface area contributed by atoms with Crippen molar-refractivity contribution in [1.82, 2.24) is 15.1 Å². The van der Waals surface area contributed by atoms with Crippen LogP contribution in [0.25, 0.3) is 0 Å². The van der Waals surface area contributed by atoms with Gasteiger partial charge in [-0.05, 0) is 38.5 Å². The Morgan fingerprint density at radius 3 is 3.00 bits per heavy atom. The van der Waals surface area contributed by atoms with Crippen molar-refractivity contribution in [1.29, 1.82) is 0 Å². The minimum absolute atomic E-state index is 0.195. The molecule has 0 aliphatic heterocycles. The molecule has 2 aromatic rings. The lowest BCUT2D eigenvalue weighted by Gasteiger charge is -2.17. The second-order valence-electron chi connectivity index (χ2n) is 4.69. The lowest BCUT2D eigenvalue weighted by molar-refractivity contribution is 0.128.